The fourth-order valence-corrected chi connectivity index (χ4v) is 1.57. The lowest BCUT2D eigenvalue weighted by Gasteiger charge is -2.26. The summed E-state index contributed by atoms with van der Waals surface area (Å²) in [7, 11) is 0. The molecule has 1 unspecified atom stereocenters. The molecule has 1 atom stereocenters. The molecule has 1 aromatic rings. The first-order valence-corrected chi connectivity index (χ1v) is 6.04. The average molecular weight is 333 g/mol. The summed E-state index contributed by atoms with van der Waals surface area (Å²) >= 11 is 0. The van der Waals surface area contributed by atoms with Crippen molar-refractivity contribution in [2.45, 2.75) is 31.9 Å². The lowest BCUT2D eigenvalue weighted by Crippen LogP contribution is -2.44. The number of nitrogens with zero attached hydrogens (tertiary/aromatic N) is 1. The number of alkyl halides is 6. The van der Waals surface area contributed by atoms with E-state index in [1.807, 2.05) is 0 Å². The second-order valence-corrected chi connectivity index (χ2v) is 4.46. The SMILES string of the molecule is CC(OCC(F)(F)F)C(=O)N(Cc1ccco1)CC(F)(F)F. The normalized spacial score (nSPS) is 14.0. The second kappa shape index (κ2) is 7.03. The van der Waals surface area contributed by atoms with E-state index in [1.165, 1.54) is 18.4 Å². The summed E-state index contributed by atoms with van der Waals surface area (Å²) in [4.78, 5) is 12.2. The number of carbonyl (C=O) groups is 1. The van der Waals surface area contributed by atoms with E-state index in [9.17, 15) is 31.1 Å². The highest BCUT2D eigenvalue weighted by Gasteiger charge is 2.36. The minimum atomic E-state index is -4.70. The molecule has 4 nitrogen and oxygen atoms in total. The molecule has 10 heteroatoms. The predicted molar refractivity (Wildman–Crippen MR) is 61.6 cm³/mol. The number of ether oxygens (including phenoxy) is 1. The molecule has 1 heterocycles. The van der Waals surface area contributed by atoms with Crippen LogP contribution in [-0.4, -0.2) is 42.4 Å². The molecule has 0 spiro atoms. The molecule has 0 aliphatic rings. The summed E-state index contributed by atoms with van der Waals surface area (Å²) in [6.45, 7) is -2.91. The van der Waals surface area contributed by atoms with Gasteiger partial charge < -0.3 is 14.1 Å². The molecular weight excluding hydrogens is 320 g/mol. The number of hydrogen-bond donors (Lipinski definition) is 0. The zero-order chi connectivity index (χ0) is 17.0. The predicted octanol–water partition coefficient (Wildman–Crippen LogP) is 3.14. The van der Waals surface area contributed by atoms with Gasteiger partial charge in [0, 0.05) is 0 Å². The maximum Gasteiger partial charge on any atom is 0.411 e. The molecule has 0 radical (unpaired) electrons. The quantitative estimate of drug-likeness (QED) is 0.751. The van der Waals surface area contributed by atoms with Crippen LogP contribution in [0.4, 0.5) is 26.3 Å². The van der Waals surface area contributed by atoms with E-state index in [0.29, 0.717) is 4.90 Å². The van der Waals surface area contributed by atoms with Gasteiger partial charge in [0.05, 0.1) is 12.8 Å². The molecule has 0 saturated carbocycles. The van der Waals surface area contributed by atoms with E-state index in [-0.39, 0.29) is 5.76 Å². The smallest absolute Gasteiger partial charge is 0.411 e. The minimum Gasteiger partial charge on any atom is -0.467 e. The third-order valence-electron chi connectivity index (χ3n) is 2.45. The van der Waals surface area contributed by atoms with E-state index < -0.39 is 44.1 Å². The van der Waals surface area contributed by atoms with E-state index in [1.54, 1.807) is 0 Å². The monoisotopic (exact) mass is 333 g/mol. The molecule has 0 N–H and O–H groups in total. The summed E-state index contributed by atoms with van der Waals surface area (Å²) in [5.41, 5.74) is 0. The molecule has 1 aromatic heterocycles. The Morgan fingerprint density at radius 3 is 2.36 bits per heavy atom. The third-order valence-corrected chi connectivity index (χ3v) is 2.45. The lowest BCUT2D eigenvalue weighted by atomic mass is 10.3. The first-order valence-electron chi connectivity index (χ1n) is 6.04. The van der Waals surface area contributed by atoms with Crippen molar-refractivity contribution in [1.29, 1.82) is 0 Å². The van der Waals surface area contributed by atoms with Gasteiger partial charge in [0.25, 0.3) is 5.91 Å². The Kier molecular flexibility index (Phi) is 5.86. The van der Waals surface area contributed by atoms with Crippen LogP contribution >= 0.6 is 0 Å². The molecule has 0 bridgehead atoms. The molecule has 0 aliphatic carbocycles. The summed E-state index contributed by atoms with van der Waals surface area (Å²) in [5, 5.41) is 0. The first-order chi connectivity index (χ1) is 9.98. The molecule has 0 aromatic carbocycles. The van der Waals surface area contributed by atoms with Crippen LogP contribution in [0, 0.1) is 0 Å². The molecule has 1 rings (SSSR count). The minimum absolute atomic E-state index is 0.0700. The maximum absolute atomic E-state index is 12.5. The topological polar surface area (TPSA) is 42.7 Å². The number of furan rings is 1. The molecule has 0 saturated heterocycles. The van der Waals surface area contributed by atoms with Gasteiger partial charge in [-0.05, 0) is 19.1 Å². The highest BCUT2D eigenvalue weighted by Crippen LogP contribution is 2.21. The Balaban J connectivity index is 2.74. The van der Waals surface area contributed by atoms with Gasteiger partial charge in [0.15, 0.2) is 0 Å². The largest absolute Gasteiger partial charge is 0.467 e. The van der Waals surface area contributed by atoms with Gasteiger partial charge in [-0.25, -0.2) is 0 Å². The van der Waals surface area contributed by atoms with Crippen molar-refractivity contribution in [1.82, 2.24) is 4.90 Å². The van der Waals surface area contributed by atoms with E-state index in [4.69, 9.17) is 4.42 Å². The number of rotatable bonds is 6. The fraction of sp³-hybridized carbons (Fsp3) is 0.583. The van der Waals surface area contributed by atoms with E-state index >= 15 is 0 Å². The van der Waals surface area contributed by atoms with Gasteiger partial charge in [-0.1, -0.05) is 0 Å². The van der Waals surface area contributed by atoms with Gasteiger partial charge in [0.1, 0.15) is 25.0 Å². The van der Waals surface area contributed by atoms with Crippen LogP contribution in [0.1, 0.15) is 12.7 Å². The van der Waals surface area contributed by atoms with Crippen LogP contribution in [-0.2, 0) is 16.1 Å². The number of hydrogen-bond acceptors (Lipinski definition) is 3. The third kappa shape index (κ3) is 6.83. The molecule has 0 fully saturated rings. The highest BCUT2D eigenvalue weighted by atomic mass is 19.4. The van der Waals surface area contributed by atoms with Crippen molar-refractivity contribution in [2.24, 2.45) is 0 Å². The highest BCUT2D eigenvalue weighted by molar-refractivity contribution is 5.80. The fourth-order valence-electron chi connectivity index (χ4n) is 1.57. The van der Waals surface area contributed by atoms with Gasteiger partial charge in [-0.3, -0.25) is 4.79 Å². The molecular formula is C12H13F6NO3. The first kappa shape index (κ1) is 18.3. The Morgan fingerprint density at radius 2 is 1.91 bits per heavy atom. The van der Waals surface area contributed by atoms with Crippen LogP contribution < -0.4 is 0 Å². The van der Waals surface area contributed by atoms with Crippen LogP contribution in [0.15, 0.2) is 22.8 Å². The average Bonchev–Trinajstić information content (AvgIpc) is 2.84. The van der Waals surface area contributed by atoms with Crippen molar-refractivity contribution >= 4 is 5.91 Å². The van der Waals surface area contributed by atoms with Gasteiger partial charge in [0.2, 0.25) is 0 Å². The lowest BCUT2D eigenvalue weighted by molar-refractivity contribution is -0.193. The zero-order valence-corrected chi connectivity index (χ0v) is 11.4. The van der Waals surface area contributed by atoms with Crippen molar-refractivity contribution in [2.75, 3.05) is 13.2 Å². The van der Waals surface area contributed by atoms with Crippen LogP contribution in [0.5, 0.6) is 0 Å². The Labute approximate surface area is 121 Å². The molecule has 126 valence electrons. The van der Waals surface area contributed by atoms with Crippen molar-refractivity contribution in [3.63, 3.8) is 0 Å². The van der Waals surface area contributed by atoms with E-state index in [2.05, 4.69) is 4.74 Å². The number of carbonyl (C=O) groups excluding carboxylic acids is 1. The van der Waals surface area contributed by atoms with Gasteiger partial charge in [-0.2, -0.15) is 26.3 Å². The zero-order valence-electron chi connectivity index (χ0n) is 11.4. The summed E-state index contributed by atoms with van der Waals surface area (Å²) in [6, 6.07) is 2.76. The molecule has 1 amide bonds. The number of amides is 1. The van der Waals surface area contributed by atoms with Crippen molar-refractivity contribution in [3.8, 4) is 0 Å². The standard InChI is InChI=1S/C12H13F6NO3/c1-8(22-7-12(16,17)18)10(20)19(6-11(13,14)15)5-9-3-2-4-21-9/h2-4,8H,5-7H2,1H3. The van der Waals surface area contributed by atoms with Crippen molar-refractivity contribution < 1.29 is 40.3 Å². The summed E-state index contributed by atoms with van der Waals surface area (Å²) in [5.74, 6) is -1.14. The van der Waals surface area contributed by atoms with Crippen LogP contribution in [0.25, 0.3) is 0 Å². The van der Waals surface area contributed by atoms with Crippen molar-refractivity contribution in [3.05, 3.63) is 24.2 Å². The number of halogens is 6. The Morgan fingerprint density at radius 1 is 1.27 bits per heavy atom. The maximum atomic E-state index is 12.5. The van der Waals surface area contributed by atoms with Gasteiger partial charge >= 0.3 is 12.4 Å². The Hall–Kier alpha value is -1.71. The summed E-state index contributed by atoms with van der Waals surface area (Å²) < 4.78 is 82.6. The van der Waals surface area contributed by atoms with E-state index in [0.717, 1.165) is 6.92 Å². The molecule has 22 heavy (non-hydrogen) atoms. The second-order valence-electron chi connectivity index (χ2n) is 4.46. The molecule has 0 aliphatic heterocycles. The Bertz CT molecular complexity index is 468. The van der Waals surface area contributed by atoms with Crippen LogP contribution in [0.2, 0.25) is 0 Å². The summed E-state index contributed by atoms with van der Waals surface area (Å²) in [6.07, 6.45) is -9.84. The van der Waals surface area contributed by atoms with Gasteiger partial charge in [-0.15, -0.1) is 0 Å². The van der Waals surface area contributed by atoms with Crippen LogP contribution in [0.3, 0.4) is 0 Å².